The fourth-order valence-corrected chi connectivity index (χ4v) is 2.98. The van der Waals surface area contributed by atoms with Crippen LogP contribution in [0, 0.1) is 0 Å². The molecule has 0 amide bonds. The Balaban J connectivity index is 2.13. The van der Waals surface area contributed by atoms with Gasteiger partial charge in [0.25, 0.3) is 5.56 Å². The van der Waals surface area contributed by atoms with Gasteiger partial charge < -0.3 is 19.7 Å². The monoisotopic (exact) mass is 358 g/mol. The summed E-state index contributed by atoms with van der Waals surface area (Å²) in [5.41, 5.74) is 1.21. The fourth-order valence-electron chi connectivity index (χ4n) is 2.98. The van der Waals surface area contributed by atoms with E-state index in [0.717, 1.165) is 18.5 Å². The SMILES string of the molecule is C=CCNc1ccc2c(O)c(OCCCCCCCC)c(=O)n(C)c2c1. The van der Waals surface area contributed by atoms with E-state index in [9.17, 15) is 9.90 Å². The second-order valence-corrected chi connectivity index (χ2v) is 6.56. The van der Waals surface area contributed by atoms with Crippen molar-refractivity contribution in [2.45, 2.75) is 45.4 Å². The van der Waals surface area contributed by atoms with Crippen molar-refractivity contribution in [2.75, 3.05) is 18.5 Å². The number of benzene rings is 1. The first-order valence-electron chi connectivity index (χ1n) is 9.43. The second-order valence-electron chi connectivity index (χ2n) is 6.56. The first kappa shape index (κ1) is 19.9. The van der Waals surface area contributed by atoms with Crippen LogP contribution in [-0.4, -0.2) is 22.8 Å². The van der Waals surface area contributed by atoms with Gasteiger partial charge in [-0.15, -0.1) is 6.58 Å². The molecule has 0 aliphatic carbocycles. The van der Waals surface area contributed by atoms with E-state index in [1.54, 1.807) is 19.2 Å². The molecule has 0 saturated heterocycles. The molecule has 142 valence electrons. The van der Waals surface area contributed by atoms with Gasteiger partial charge in [0.15, 0.2) is 5.75 Å². The Hall–Kier alpha value is -2.43. The molecular weight excluding hydrogens is 328 g/mol. The number of aryl methyl sites for hydroxylation is 1. The van der Waals surface area contributed by atoms with Crippen LogP contribution in [0.3, 0.4) is 0 Å². The minimum Gasteiger partial charge on any atom is -0.504 e. The van der Waals surface area contributed by atoms with Gasteiger partial charge in [-0.1, -0.05) is 45.1 Å². The van der Waals surface area contributed by atoms with Gasteiger partial charge in [-0.05, 0) is 24.6 Å². The van der Waals surface area contributed by atoms with E-state index < -0.39 is 0 Å². The minimum absolute atomic E-state index is 0.0420. The Morgan fingerprint density at radius 3 is 2.69 bits per heavy atom. The van der Waals surface area contributed by atoms with Crippen molar-refractivity contribution >= 4 is 16.6 Å². The molecule has 0 saturated carbocycles. The van der Waals surface area contributed by atoms with Gasteiger partial charge in [0.1, 0.15) is 0 Å². The molecule has 0 aliphatic heterocycles. The molecule has 1 aromatic heterocycles. The Bertz CT molecular complexity index is 796. The van der Waals surface area contributed by atoms with Gasteiger partial charge in [-0.2, -0.15) is 0 Å². The highest BCUT2D eigenvalue weighted by atomic mass is 16.5. The number of aromatic hydroxyl groups is 1. The lowest BCUT2D eigenvalue weighted by Gasteiger charge is -2.14. The smallest absolute Gasteiger partial charge is 0.297 e. The summed E-state index contributed by atoms with van der Waals surface area (Å²) in [4.78, 5) is 12.6. The average molecular weight is 358 g/mol. The lowest BCUT2D eigenvalue weighted by molar-refractivity contribution is 0.284. The van der Waals surface area contributed by atoms with Gasteiger partial charge in [-0.3, -0.25) is 4.79 Å². The number of aromatic nitrogens is 1. The topological polar surface area (TPSA) is 63.5 Å². The Morgan fingerprint density at radius 1 is 1.23 bits per heavy atom. The van der Waals surface area contributed by atoms with Gasteiger partial charge in [0, 0.05) is 24.7 Å². The number of nitrogens with one attached hydrogen (secondary N) is 1. The molecule has 2 rings (SSSR count). The normalized spacial score (nSPS) is 10.8. The third-order valence-electron chi connectivity index (χ3n) is 4.52. The molecule has 2 aromatic rings. The van der Waals surface area contributed by atoms with Gasteiger partial charge in [0.05, 0.1) is 12.1 Å². The number of nitrogens with zero attached hydrogens (tertiary/aromatic N) is 1. The summed E-state index contributed by atoms with van der Waals surface area (Å²) in [7, 11) is 1.69. The van der Waals surface area contributed by atoms with E-state index in [1.807, 2.05) is 12.1 Å². The molecule has 1 aromatic carbocycles. The Labute approximate surface area is 155 Å². The van der Waals surface area contributed by atoms with Crippen LogP contribution in [0.15, 0.2) is 35.6 Å². The number of fused-ring (bicyclic) bond motifs is 1. The molecule has 0 fully saturated rings. The van der Waals surface area contributed by atoms with Crippen LogP contribution in [0.25, 0.3) is 10.9 Å². The van der Waals surface area contributed by atoms with E-state index in [2.05, 4.69) is 18.8 Å². The lowest BCUT2D eigenvalue weighted by atomic mass is 10.1. The molecule has 2 N–H and O–H groups in total. The van der Waals surface area contributed by atoms with Crippen molar-refractivity contribution in [3.8, 4) is 11.5 Å². The predicted molar refractivity (Wildman–Crippen MR) is 108 cm³/mol. The quantitative estimate of drug-likeness (QED) is 0.456. The first-order valence-corrected chi connectivity index (χ1v) is 9.43. The summed E-state index contributed by atoms with van der Waals surface area (Å²) < 4.78 is 7.16. The van der Waals surface area contributed by atoms with Crippen molar-refractivity contribution in [3.05, 3.63) is 41.2 Å². The van der Waals surface area contributed by atoms with E-state index in [1.165, 1.54) is 30.3 Å². The number of hydrogen-bond acceptors (Lipinski definition) is 4. The number of rotatable bonds is 11. The zero-order valence-electron chi connectivity index (χ0n) is 15.9. The van der Waals surface area contributed by atoms with Crippen molar-refractivity contribution < 1.29 is 9.84 Å². The highest BCUT2D eigenvalue weighted by Gasteiger charge is 2.16. The van der Waals surface area contributed by atoms with Gasteiger partial charge >= 0.3 is 0 Å². The molecule has 0 atom stereocenters. The number of unbranched alkanes of at least 4 members (excludes halogenated alkanes) is 5. The zero-order valence-corrected chi connectivity index (χ0v) is 15.9. The number of ether oxygens (including phenoxy) is 1. The molecule has 0 radical (unpaired) electrons. The number of hydrogen-bond donors (Lipinski definition) is 2. The van der Waals surface area contributed by atoms with Crippen LogP contribution in [0.5, 0.6) is 11.5 Å². The molecule has 26 heavy (non-hydrogen) atoms. The maximum Gasteiger partial charge on any atom is 0.297 e. The molecule has 1 heterocycles. The van der Waals surface area contributed by atoms with Crippen LogP contribution in [0.1, 0.15) is 45.4 Å². The maximum atomic E-state index is 12.6. The van der Waals surface area contributed by atoms with Crippen molar-refractivity contribution in [1.82, 2.24) is 4.57 Å². The summed E-state index contributed by atoms with van der Waals surface area (Å²) in [6, 6.07) is 5.51. The number of anilines is 1. The molecule has 0 spiro atoms. The molecule has 0 aliphatic rings. The van der Waals surface area contributed by atoms with E-state index in [-0.39, 0.29) is 17.1 Å². The van der Waals surface area contributed by atoms with Crippen molar-refractivity contribution in [2.24, 2.45) is 7.05 Å². The van der Waals surface area contributed by atoms with Gasteiger partial charge in [0.2, 0.25) is 5.75 Å². The number of pyridine rings is 1. The second kappa shape index (κ2) is 9.90. The van der Waals surface area contributed by atoms with E-state index in [0.29, 0.717) is 24.1 Å². The standard InChI is InChI=1S/C21H30N2O3/c1-4-6-7-8-9-10-14-26-20-19(24)17-12-11-16(22-13-5-2)15-18(17)23(3)21(20)25/h5,11-12,15,22,24H,2,4,6-10,13-14H2,1,3H3. The average Bonchev–Trinajstić information content (AvgIpc) is 2.66. The Morgan fingerprint density at radius 2 is 1.96 bits per heavy atom. The zero-order chi connectivity index (χ0) is 18.9. The predicted octanol–water partition coefficient (Wildman–Crippen LogP) is 4.58. The first-order chi connectivity index (χ1) is 12.6. The lowest BCUT2D eigenvalue weighted by Crippen LogP contribution is -2.20. The third-order valence-corrected chi connectivity index (χ3v) is 4.52. The van der Waals surface area contributed by atoms with Crippen LogP contribution in [0.4, 0.5) is 5.69 Å². The summed E-state index contributed by atoms with van der Waals surface area (Å²) in [5.74, 6) is -0.0373. The molecule has 0 bridgehead atoms. The summed E-state index contributed by atoms with van der Waals surface area (Å²) >= 11 is 0. The van der Waals surface area contributed by atoms with Crippen LogP contribution in [-0.2, 0) is 7.05 Å². The summed E-state index contributed by atoms with van der Waals surface area (Å²) in [5, 5.41) is 14.3. The van der Waals surface area contributed by atoms with Crippen LogP contribution < -0.4 is 15.6 Å². The molecule has 0 unspecified atom stereocenters. The van der Waals surface area contributed by atoms with E-state index in [4.69, 9.17) is 4.74 Å². The van der Waals surface area contributed by atoms with Crippen LogP contribution >= 0.6 is 0 Å². The minimum atomic E-state index is -0.318. The molecular formula is C21H30N2O3. The maximum absolute atomic E-state index is 12.6. The summed E-state index contributed by atoms with van der Waals surface area (Å²) in [6.07, 6.45) is 8.63. The molecule has 5 nitrogen and oxygen atoms in total. The third kappa shape index (κ3) is 4.81. The summed E-state index contributed by atoms with van der Waals surface area (Å²) in [6.45, 7) is 6.95. The fraction of sp³-hybridized carbons (Fsp3) is 0.476. The van der Waals surface area contributed by atoms with E-state index >= 15 is 0 Å². The van der Waals surface area contributed by atoms with Crippen molar-refractivity contribution in [1.29, 1.82) is 0 Å². The largest absolute Gasteiger partial charge is 0.504 e. The van der Waals surface area contributed by atoms with Crippen molar-refractivity contribution in [3.63, 3.8) is 0 Å². The van der Waals surface area contributed by atoms with Gasteiger partial charge in [-0.25, -0.2) is 0 Å². The highest BCUT2D eigenvalue weighted by molar-refractivity contribution is 5.89. The Kier molecular flexibility index (Phi) is 7.57. The van der Waals surface area contributed by atoms with Crippen LogP contribution in [0.2, 0.25) is 0 Å². The molecule has 5 heteroatoms. The highest BCUT2D eigenvalue weighted by Crippen LogP contribution is 2.32.